The fraction of sp³-hybridized carbons (Fsp3) is 0.615. The van der Waals surface area contributed by atoms with E-state index < -0.39 is 24.3 Å². The molecule has 1 aromatic rings. The van der Waals surface area contributed by atoms with Crippen LogP contribution in [0.25, 0.3) is 0 Å². The Morgan fingerprint density at radius 3 is 2.43 bits per heavy atom. The van der Waals surface area contributed by atoms with Crippen LogP contribution in [0, 0.1) is 13.8 Å². The molecule has 0 bridgehead atoms. The molecular formula is C13H17F3N2O3. The van der Waals surface area contributed by atoms with Crippen LogP contribution in [0.3, 0.4) is 0 Å². The summed E-state index contributed by atoms with van der Waals surface area (Å²) in [5.74, 6) is -1.05. The molecule has 0 aliphatic heterocycles. The van der Waals surface area contributed by atoms with E-state index in [1.807, 2.05) is 0 Å². The largest absolute Gasteiger partial charge is 0.481 e. The van der Waals surface area contributed by atoms with Crippen LogP contribution < -0.4 is 5.69 Å². The lowest BCUT2D eigenvalue weighted by molar-refractivity contribution is -0.137. The van der Waals surface area contributed by atoms with E-state index in [1.54, 1.807) is 13.8 Å². The average Bonchev–Trinajstić information content (AvgIpc) is 2.31. The lowest BCUT2D eigenvalue weighted by Gasteiger charge is -2.14. The number of halogens is 3. The number of carboxylic acid groups (broad SMARTS) is 1. The van der Waals surface area contributed by atoms with Gasteiger partial charge in [-0.1, -0.05) is 0 Å². The Labute approximate surface area is 119 Å². The highest BCUT2D eigenvalue weighted by atomic mass is 19.4. The number of alkyl halides is 3. The van der Waals surface area contributed by atoms with Crippen LogP contribution in [0.1, 0.15) is 36.2 Å². The van der Waals surface area contributed by atoms with Gasteiger partial charge in [-0.05, 0) is 26.7 Å². The van der Waals surface area contributed by atoms with Crippen molar-refractivity contribution in [3.63, 3.8) is 0 Å². The predicted molar refractivity (Wildman–Crippen MR) is 69.2 cm³/mol. The summed E-state index contributed by atoms with van der Waals surface area (Å²) in [5.41, 5.74) is 0.650. The highest BCUT2D eigenvalue weighted by Crippen LogP contribution is 2.22. The zero-order valence-corrected chi connectivity index (χ0v) is 11.8. The van der Waals surface area contributed by atoms with Crippen molar-refractivity contribution in [3.05, 3.63) is 27.4 Å². The summed E-state index contributed by atoms with van der Waals surface area (Å²) in [6.07, 6.45) is -5.29. The number of aliphatic carboxylic acids is 1. The van der Waals surface area contributed by atoms with Crippen molar-refractivity contribution in [3.8, 4) is 0 Å². The van der Waals surface area contributed by atoms with Gasteiger partial charge < -0.3 is 5.11 Å². The van der Waals surface area contributed by atoms with E-state index >= 15 is 0 Å². The maximum Gasteiger partial charge on any atom is 0.389 e. The lowest BCUT2D eigenvalue weighted by atomic mass is 10.1. The molecule has 1 rings (SSSR count). The quantitative estimate of drug-likeness (QED) is 0.818. The van der Waals surface area contributed by atoms with E-state index in [0.717, 1.165) is 0 Å². The molecule has 0 unspecified atom stereocenters. The standard InChI is InChI=1S/C13H17F3N2O3/c1-8-10(7-11(19)20)9(2)18(12(21)17-8)6-4-3-5-13(14,15)16/h3-7H2,1-2H3,(H,19,20). The minimum atomic E-state index is -4.21. The number of hydrogen-bond donors (Lipinski definition) is 1. The maximum atomic E-state index is 12.1. The predicted octanol–water partition coefficient (Wildman–Crippen LogP) is 2.22. The van der Waals surface area contributed by atoms with E-state index in [9.17, 15) is 22.8 Å². The third-order valence-corrected chi connectivity index (χ3v) is 3.19. The number of carboxylic acids is 1. The molecule has 0 aliphatic carbocycles. The number of unbranched alkanes of at least 4 members (excludes halogenated alkanes) is 1. The first-order valence-corrected chi connectivity index (χ1v) is 6.47. The Kier molecular flexibility index (Phi) is 5.51. The van der Waals surface area contributed by atoms with Gasteiger partial charge in [-0.2, -0.15) is 18.2 Å². The summed E-state index contributed by atoms with van der Waals surface area (Å²) in [6, 6.07) is 0. The van der Waals surface area contributed by atoms with Gasteiger partial charge in [0.2, 0.25) is 0 Å². The topological polar surface area (TPSA) is 72.2 Å². The minimum Gasteiger partial charge on any atom is -0.481 e. The van der Waals surface area contributed by atoms with Gasteiger partial charge in [-0.3, -0.25) is 9.36 Å². The fourth-order valence-electron chi connectivity index (χ4n) is 2.11. The summed E-state index contributed by atoms with van der Waals surface area (Å²) in [7, 11) is 0. The second-order valence-corrected chi connectivity index (χ2v) is 4.84. The minimum absolute atomic E-state index is 0.0858. The van der Waals surface area contributed by atoms with Gasteiger partial charge in [-0.15, -0.1) is 0 Å². The maximum absolute atomic E-state index is 12.1. The molecule has 1 N–H and O–H groups in total. The zero-order chi connectivity index (χ0) is 16.2. The third kappa shape index (κ3) is 5.20. The van der Waals surface area contributed by atoms with Gasteiger partial charge in [0.05, 0.1) is 6.42 Å². The molecule has 0 saturated carbocycles. The van der Waals surface area contributed by atoms with Gasteiger partial charge in [0.1, 0.15) is 0 Å². The van der Waals surface area contributed by atoms with Crippen LogP contribution in [0.4, 0.5) is 13.2 Å². The van der Waals surface area contributed by atoms with Crippen LogP contribution in [0.2, 0.25) is 0 Å². The Hall–Kier alpha value is -1.86. The molecule has 0 radical (unpaired) electrons. The first-order chi connectivity index (χ1) is 9.61. The van der Waals surface area contributed by atoms with Crippen LogP contribution in [-0.2, 0) is 17.8 Å². The highest BCUT2D eigenvalue weighted by Gasteiger charge is 2.26. The number of nitrogens with zero attached hydrogens (tertiary/aromatic N) is 2. The Morgan fingerprint density at radius 1 is 1.29 bits per heavy atom. The van der Waals surface area contributed by atoms with Gasteiger partial charge in [0.15, 0.2) is 0 Å². The zero-order valence-electron chi connectivity index (χ0n) is 11.8. The molecule has 0 aromatic carbocycles. The average molecular weight is 306 g/mol. The third-order valence-electron chi connectivity index (χ3n) is 3.19. The van der Waals surface area contributed by atoms with E-state index in [0.29, 0.717) is 17.0 Å². The van der Waals surface area contributed by atoms with Crippen LogP contribution in [0.15, 0.2) is 4.79 Å². The molecule has 0 amide bonds. The monoisotopic (exact) mass is 306 g/mol. The molecular weight excluding hydrogens is 289 g/mol. The van der Waals surface area contributed by atoms with Crippen LogP contribution >= 0.6 is 0 Å². The van der Waals surface area contributed by atoms with Crippen LogP contribution in [0.5, 0.6) is 0 Å². The van der Waals surface area contributed by atoms with E-state index in [1.165, 1.54) is 4.57 Å². The highest BCUT2D eigenvalue weighted by molar-refractivity contribution is 5.70. The lowest BCUT2D eigenvalue weighted by Crippen LogP contribution is -2.28. The van der Waals surface area contributed by atoms with Gasteiger partial charge >= 0.3 is 17.8 Å². The molecule has 1 heterocycles. The molecule has 0 aliphatic rings. The number of carbonyl (C=O) groups is 1. The Morgan fingerprint density at radius 2 is 1.90 bits per heavy atom. The van der Waals surface area contributed by atoms with E-state index in [2.05, 4.69) is 4.98 Å². The molecule has 1 aromatic heterocycles. The van der Waals surface area contributed by atoms with Crippen molar-refractivity contribution < 1.29 is 23.1 Å². The number of aromatic nitrogens is 2. The Balaban J connectivity index is 2.87. The normalized spacial score (nSPS) is 11.7. The number of aryl methyl sites for hydroxylation is 1. The second kappa shape index (κ2) is 6.73. The van der Waals surface area contributed by atoms with Crippen molar-refractivity contribution in [2.75, 3.05) is 0 Å². The second-order valence-electron chi connectivity index (χ2n) is 4.84. The van der Waals surface area contributed by atoms with Gasteiger partial charge in [-0.25, -0.2) is 4.79 Å². The molecule has 118 valence electrons. The molecule has 5 nitrogen and oxygen atoms in total. The van der Waals surface area contributed by atoms with Crippen molar-refractivity contribution in [1.82, 2.24) is 9.55 Å². The van der Waals surface area contributed by atoms with E-state index in [4.69, 9.17) is 5.11 Å². The van der Waals surface area contributed by atoms with E-state index in [-0.39, 0.29) is 25.8 Å². The fourth-order valence-corrected chi connectivity index (χ4v) is 2.11. The summed E-state index contributed by atoms with van der Waals surface area (Å²) in [4.78, 5) is 26.3. The molecule has 0 saturated heterocycles. The van der Waals surface area contributed by atoms with Crippen molar-refractivity contribution in [1.29, 1.82) is 0 Å². The molecule has 21 heavy (non-hydrogen) atoms. The first-order valence-electron chi connectivity index (χ1n) is 6.47. The molecule has 0 spiro atoms. The molecule has 8 heteroatoms. The summed E-state index contributed by atoms with van der Waals surface area (Å²) in [5, 5.41) is 8.84. The molecule has 0 atom stereocenters. The van der Waals surface area contributed by atoms with Crippen LogP contribution in [-0.4, -0.2) is 26.8 Å². The number of rotatable bonds is 6. The van der Waals surface area contributed by atoms with Gasteiger partial charge in [0, 0.05) is 29.9 Å². The van der Waals surface area contributed by atoms with Crippen molar-refractivity contribution in [2.45, 2.75) is 52.3 Å². The van der Waals surface area contributed by atoms with Crippen molar-refractivity contribution >= 4 is 5.97 Å². The van der Waals surface area contributed by atoms with Gasteiger partial charge in [0.25, 0.3) is 0 Å². The smallest absolute Gasteiger partial charge is 0.389 e. The summed E-state index contributed by atoms with van der Waals surface area (Å²) < 4.78 is 37.4. The molecule has 0 fully saturated rings. The Bertz CT molecular complexity index is 579. The summed E-state index contributed by atoms with van der Waals surface area (Å²) >= 11 is 0. The SMILES string of the molecule is Cc1nc(=O)n(CCCCC(F)(F)F)c(C)c1CC(=O)O. The first kappa shape index (κ1) is 17.2. The summed E-state index contributed by atoms with van der Waals surface area (Å²) in [6.45, 7) is 3.22. The van der Waals surface area contributed by atoms with Crippen molar-refractivity contribution in [2.24, 2.45) is 0 Å². The number of hydrogen-bond acceptors (Lipinski definition) is 3.